The molecule has 0 saturated heterocycles. The van der Waals surface area contributed by atoms with Gasteiger partial charge in [0.15, 0.2) is 12.2 Å². The molecule has 0 radical (unpaired) electrons. The zero-order chi connectivity index (χ0) is 35.0. The Morgan fingerprint density at radius 3 is 1.11 bits per heavy atom. The van der Waals surface area contributed by atoms with Crippen molar-refractivity contribution in [2.24, 2.45) is 0 Å². The summed E-state index contributed by atoms with van der Waals surface area (Å²) in [7, 11) is 0. The first kappa shape index (κ1) is 37.0. The van der Waals surface area contributed by atoms with Crippen LogP contribution in [0.5, 0.6) is 0 Å². The number of anilines is 2. The summed E-state index contributed by atoms with van der Waals surface area (Å²) in [5, 5.41) is 4.06. The van der Waals surface area contributed by atoms with Gasteiger partial charge in [-0.3, -0.25) is 28.8 Å². The van der Waals surface area contributed by atoms with Crippen molar-refractivity contribution in [1.82, 2.24) is 0 Å². The standard InChI is InChI=1S/C28H26F6N2O10/c1-13(37)43-21(23(45-15(3)39)25(41)35-19-9-5-7-17(11-19)27(29,30)31)22(44-14(2)38)24(46-16(4)40)26(42)36-20-10-6-8-18(12-20)28(32,33)34/h5-12,21-24H,1-4H3,(H,35,41)(H,36,42). The third-order valence-corrected chi connectivity index (χ3v) is 5.54. The Hall–Kier alpha value is -5.16. The summed E-state index contributed by atoms with van der Waals surface area (Å²) >= 11 is 0. The van der Waals surface area contributed by atoms with E-state index in [-0.39, 0.29) is 0 Å². The van der Waals surface area contributed by atoms with E-state index in [2.05, 4.69) is 0 Å². The molecular weight excluding hydrogens is 638 g/mol. The van der Waals surface area contributed by atoms with E-state index in [1.165, 1.54) is 0 Å². The van der Waals surface area contributed by atoms with Gasteiger partial charge in [-0.15, -0.1) is 0 Å². The van der Waals surface area contributed by atoms with Crippen LogP contribution in [-0.4, -0.2) is 60.1 Å². The molecule has 12 nitrogen and oxygen atoms in total. The monoisotopic (exact) mass is 664 g/mol. The predicted molar refractivity (Wildman–Crippen MR) is 142 cm³/mol. The minimum absolute atomic E-state index is 0.485. The predicted octanol–water partition coefficient (Wildman–Crippen LogP) is 4.03. The molecule has 0 bridgehead atoms. The molecule has 0 aliphatic rings. The summed E-state index contributed by atoms with van der Waals surface area (Å²) < 4.78 is 99.4. The molecule has 2 amide bonds. The zero-order valence-electron chi connectivity index (χ0n) is 24.3. The molecular formula is C28H26F6N2O10. The van der Waals surface area contributed by atoms with Crippen LogP contribution in [0.4, 0.5) is 37.7 Å². The molecule has 4 atom stereocenters. The number of rotatable bonds is 11. The Kier molecular flexibility index (Phi) is 12.3. The van der Waals surface area contributed by atoms with Crippen LogP contribution in [0, 0.1) is 0 Å². The molecule has 0 heterocycles. The van der Waals surface area contributed by atoms with Crippen LogP contribution in [-0.2, 0) is 60.1 Å². The molecule has 2 N–H and O–H groups in total. The molecule has 4 unspecified atom stereocenters. The smallest absolute Gasteiger partial charge is 0.416 e. The highest BCUT2D eigenvalue weighted by Gasteiger charge is 2.49. The summed E-state index contributed by atoms with van der Waals surface area (Å²) in [6.45, 7) is 3.11. The van der Waals surface area contributed by atoms with Gasteiger partial charge in [0.2, 0.25) is 12.2 Å². The minimum atomic E-state index is -4.83. The molecule has 2 aromatic rings. The molecule has 2 rings (SSSR count). The number of hydrogen-bond acceptors (Lipinski definition) is 10. The third kappa shape index (κ3) is 11.1. The number of amides is 2. The van der Waals surface area contributed by atoms with Crippen LogP contribution in [0.1, 0.15) is 38.8 Å². The largest absolute Gasteiger partial charge is 0.454 e. The van der Waals surface area contributed by atoms with E-state index in [0.717, 1.165) is 52.0 Å². The van der Waals surface area contributed by atoms with Gasteiger partial charge in [0.1, 0.15) is 0 Å². The number of hydrogen-bond donors (Lipinski definition) is 2. The normalized spacial score (nSPS) is 14.0. The number of alkyl halides is 6. The molecule has 0 aliphatic carbocycles. The second-order valence-electron chi connectivity index (χ2n) is 9.34. The highest BCUT2D eigenvalue weighted by Crippen LogP contribution is 2.32. The van der Waals surface area contributed by atoms with Crippen molar-refractivity contribution in [2.45, 2.75) is 64.5 Å². The minimum Gasteiger partial charge on any atom is -0.454 e. The van der Waals surface area contributed by atoms with E-state index in [1.807, 2.05) is 10.6 Å². The van der Waals surface area contributed by atoms with Crippen LogP contribution in [0.2, 0.25) is 0 Å². The Morgan fingerprint density at radius 2 is 0.848 bits per heavy atom. The second-order valence-corrected chi connectivity index (χ2v) is 9.34. The van der Waals surface area contributed by atoms with Crippen molar-refractivity contribution in [1.29, 1.82) is 0 Å². The van der Waals surface area contributed by atoms with E-state index in [4.69, 9.17) is 18.9 Å². The van der Waals surface area contributed by atoms with Gasteiger partial charge in [0.25, 0.3) is 11.8 Å². The molecule has 250 valence electrons. The van der Waals surface area contributed by atoms with Gasteiger partial charge in [0.05, 0.1) is 11.1 Å². The van der Waals surface area contributed by atoms with E-state index in [9.17, 15) is 55.1 Å². The highest BCUT2D eigenvalue weighted by atomic mass is 19.4. The molecule has 2 aromatic carbocycles. The van der Waals surface area contributed by atoms with Crippen LogP contribution < -0.4 is 10.6 Å². The summed E-state index contributed by atoms with van der Waals surface area (Å²) in [5.74, 6) is -7.88. The fourth-order valence-electron chi connectivity index (χ4n) is 3.86. The zero-order valence-corrected chi connectivity index (χ0v) is 24.3. The first-order valence-corrected chi connectivity index (χ1v) is 12.8. The van der Waals surface area contributed by atoms with Crippen molar-refractivity contribution in [2.75, 3.05) is 10.6 Å². The summed E-state index contributed by atoms with van der Waals surface area (Å²) in [6, 6.07) is 6.29. The van der Waals surface area contributed by atoms with E-state index in [0.29, 0.717) is 24.3 Å². The maximum Gasteiger partial charge on any atom is 0.416 e. The van der Waals surface area contributed by atoms with Gasteiger partial charge >= 0.3 is 36.2 Å². The lowest BCUT2D eigenvalue weighted by Gasteiger charge is -2.34. The van der Waals surface area contributed by atoms with Gasteiger partial charge < -0.3 is 29.6 Å². The topological polar surface area (TPSA) is 163 Å². The number of benzene rings is 2. The summed E-state index contributed by atoms with van der Waals surface area (Å²) in [4.78, 5) is 75.0. The SMILES string of the molecule is CC(=O)OC(C(=O)Nc1cccc(C(F)(F)F)c1)C(OC(C)=O)C(OC(C)=O)C(OC(C)=O)C(=O)Nc1cccc(C(F)(F)F)c1. The Morgan fingerprint density at radius 1 is 0.543 bits per heavy atom. The summed E-state index contributed by atoms with van der Waals surface area (Å²) in [6.07, 6.45) is -19.1. The maximum atomic E-state index is 13.3. The fraction of sp³-hybridized carbons (Fsp3) is 0.357. The fourth-order valence-corrected chi connectivity index (χ4v) is 3.86. The van der Waals surface area contributed by atoms with Crippen molar-refractivity contribution >= 4 is 47.1 Å². The number of halogens is 6. The summed E-state index contributed by atoms with van der Waals surface area (Å²) in [5.41, 5.74) is -3.35. The number of nitrogens with one attached hydrogen (secondary N) is 2. The molecule has 0 fully saturated rings. The molecule has 0 spiro atoms. The number of carbonyl (C=O) groups is 6. The maximum absolute atomic E-state index is 13.3. The first-order chi connectivity index (χ1) is 21.2. The molecule has 18 heteroatoms. The van der Waals surface area contributed by atoms with Gasteiger partial charge in [-0.05, 0) is 36.4 Å². The Labute approximate surface area is 256 Å². The number of esters is 4. The number of ether oxygens (including phenoxy) is 4. The van der Waals surface area contributed by atoms with Crippen LogP contribution in [0.15, 0.2) is 48.5 Å². The highest BCUT2D eigenvalue weighted by molar-refractivity contribution is 5.98. The lowest BCUT2D eigenvalue weighted by atomic mass is 9.99. The lowest BCUT2D eigenvalue weighted by Crippen LogP contribution is -2.57. The molecule has 46 heavy (non-hydrogen) atoms. The first-order valence-electron chi connectivity index (χ1n) is 12.8. The van der Waals surface area contributed by atoms with Crippen molar-refractivity contribution in [3.63, 3.8) is 0 Å². The molecule has 0 aromatic heterocycles. The van der Waals surface area contributed by atoms with Gasteiger partial charge in [0, 0.05) is 39.1 Å². The van der Waals surface area contributed by atoms with Crippen molar-refractivity contribution < 1.29 is 74.1 Å². The molecule has 0 aliphatic heterocycles. The Bertz CT molecular complexity index is 1370. The van der Waals surface area contributed by atoms with Gasteiger partial charge in [-0.1, -0.05) is 12.1 Å². The number of carbonyl (C=O) groups excluding carboxylic acids is 6. The van der Waals surface area contributed by atoms with Crippen molar-refractivity contribution in [3.8, 4) is 0 Å². The average molecular weight is 665 g/mol. The molecule has 0 saturated carbocycles. The Balaban J connectivity index is 2.64. The van der Waals surface area contributed by atoms with Gasteiger partial charge in [-0.25, -0.2) is 0 Å². The van der Waals surface area contributed by atoms with E-state index in [1.54, 1.807) is 0 Å². The van der Waals surface area contributed by atoms with Crippen LogP contribution >= 0.6 is 0 Å². The third-order valence-electron chi connectivity index (χ3n) is 5.54. The van der Waals surface area contributed by atoms with Crippen LogP contribution in [0.3, 0.4) is 0 Å². The second kappa shape index (κ2) is 15.2. The van der Waals surface area contributed by atoms with Crippen molar-refractivity contribution in [3.05, 3.63) is 59.7 Å². The lowest BCUT2D eigenvalue weighted by molar-refractivity contribution is -0.198. The van der Waals surface area contributed by atoms with Gasteiger partial charge in [-0.2, -0.15) is 26.3 Å². The van der Waals surface area contributed by atoms with Crippen LogP contribution in [0.25, 0.3) is 0 Å². The van der Waals surface area contributed by atoms with E-state index >= 15 is 0 Å². The average Bonchev–Trinajstić information content (AvgIpc) is 2.91. The van der Waals surface area contributed by atoms with E-state index < -0.39 is 95.0 Å². The quantitative estimate of drug-likeness (QED) is 0.204.